The average molecular weight is 246 g/mol. The van der Waals surface area contributed by atoms with E-state index in [9.17, 15) is 4.79 Å². The Bertz CT molecular complexity index is 477. The molecular weight excluding hydrogens is 232 g/mol. The Kier molecular flexibility index (Phi) is 3.88. The summed E-state index contributed by atoms with van der Waals surface area (Å²) < 4.78 is 0. The third-order valence-electron chi connectivity index (χ3n) is 2.42. The Morgan fingerprint density at radius 3 is 2.76 bits per heavy atom. The highest BCUT2D eigenvalue weighted by Gasteiger charge is 2.04. The number of amides is 1. The van der Waals surface area contributed by atoms with Crippen molar-refractivity contribution in [3.8, 4) is 0 Å². The number of thiazole rings is 1. The van der Waals surface area contributed by atoms with Crippen molar-refractivity contribution >= 4 is 17.2 Å². The van der Waals surface area contributed by atoms with Crippen molar-refractivity contribution in [3.05, 3.63) is 52.0 Å². The van der Waals surface area contributed by atoms with Gasteiger partial charge < -0.3 is 5.32 Å². The van der Waals surface area contributed by atoms with Crippen LogP contribution in [0.1, 0.15) is 20.9 Å². The molecular formula is C13H14N2OS. The van der Waals surface area contributed by atoms with Crippen LogP contribution in [0.5, 0.6) is 0 Å². The number of benzene rings is 1. The molecule has 0 aliphatic heterocycles. The number of aromatic nitrogens is 1. The second-order valence-electron chi connectivity index (χ2n) is 3.80. The predicted octanol–water partition coefficient (Wildman–Crippen LogP) is 2.42. The predicted molar refractivity (Wildman–Crippen MR) is 69.3 cm³/mol. The third kappa shape index (κ3) is 3.39. The average Bonchev–Trinajstić information content (AvgIpc) is 2.83. The Morgan fingerprint density at radius 1 is 1.35 bits per heavy atom. The molecule has 0 atom stereocenters. The molecule has 0 saturated heterocycles. The van der Waals surface area contributed by atoms with Crippen LogP contribution in [0, 0.1) is 6.92 Å². The van der Waals surface area contributed by atoms with E-state index in [1.54, 1.807) is 17.5 Å². The molecule has 4 heteroatoms. The SMILES string of the molecule is Cc1ccc(C(=O)NCCc2nccs2)cc1. The van der Waals surface area contributed by atoms with Gasteiger partial charge in [0, 0.05) is 30.1 Å². The van der Waals surface area contributed by atoms with Crippen molar-refractivity contribution in [1.82, 2.24) is 10.3 Å². The zero-order chi connectivity index (χ0) is 12.1. The summed E-state index contributed by atoms with van der Waals surface area (Å²) in [6.07, 6.45) is 2.57. The summed E-state index contributed by atoms with van der Waals surface area (Å²) in [6, 6.07) is 7.56. The third-order valence-corrected chi connectivity index (χ3v) is 3.26. The number of nitrogens with one attached hydrogen (secondary N) is 1. The molecule has 0 radical (unpaired) electrons. The van der Waals surface area contributed by atoms with Gasteiger partial charge in [0.15, 0.2) is 0 Å². The van der Waals surface area contributed by atoms with Crippen LogP contribution in [-0.2, 0) is 6.42 Å². The number of aryl methyl sites for hydroxylation is 1. The quantitative estimate of drug-likeness (QED) is 0.900. The van der Waals surface area contributed by atoms with E-state index >= 15 is 0 Å². The van der Waals surface area contributed by atoms with Gasteiger partial charge in [-0.15, -0.1) is 11.3 Å². The van der Waals surface area contributed by atoms with E-state index in [0.717, 1.165) is 17.0 Å². The zero-order valence-electron chi connectivity index (χ0n) is 9.64. The second kappa shape index (κ2) is 5.59. The van der Waals surface area contributed by atoms with Crippen molar-refractivity contribution in [1.29, 1.82) is 0 Å². The lowest BCUT2D eigenvalue weighted by Crippen LogP contribution is -2.25. The molecule has 88 valence electrons. The van der Waals surface area contributed by atoms with Crippen LogP contribution in [-0.4, -0.2) is 17.4 Å². The van der Waals surface area contributed by atoms with E-state index in [1.807, 2.05) is 36.6 Å². The van der Waals surface area contributed by atoms with Gasteiger partial charge in [0.2, 0.25) is 0 Å². The first-order valence-electron chi connectivity index (χ1n) is 5.49. The second-order valence-corrected chi connectivity index (χ2v) is 4.78. The highest BCUT2D eigenvalue weighted by molar-refractivity contribution is 7.09. The highest BCUT2D eigenvalue weighted by Crippen LogP contribution is 2.05. The first kappa shape index (κ1) is 11.8. The Labute approximate surface area is 105 Å². The molecule has 1 heterocycles. The minimum atomic E-state index is -0.0263. The summed E-state index contributed by atoms with van der Waals surface area (Å²) in [5.41, 5.74) is 1.86. The van der Waals surface area contributed by atoms with Gasteiger partial charge in [-0.2, -0.15) is 0 Å². The first-order chi connectivity index (χ1) is 8.25. The van der Waals surface area contributed by atoms with Crippen molar-refractivity contribution in [2.45, 2.75) is 13.3 Å². The molecule has 0 spiro atoms. The van der Waals surface area contributed by atoms with Crippen molar-refractivity contribution < 1.29 is 4.79 Å². The summed E-state index contributed by atoms with van der Waals surface area (Å²) in [6.45, 7) is 2.63. The fourth-order valence-electron chi connectivity index (χ4n) is 1.47. The molecule has 2 aromatic rings. The molecule has 1 N–H and O–H groups in total. The van der Waals surface area contributed by atoms with Crippen molar-refractivity contribution in [2.24, 2.45) is 0 Å². The monoisotopic (exact) mass is 246 g/mol. The number of nitrogens with zero attached hydrogens (tertiary/aromatic N) is 1. The molecule has 1 aromatic heterocycles. The van der Waals surface area contributed by atoms with Gasteiger partial charge >= 0.3 is 0 Å². The maximum Gasteiger partial charge on any atom is 0.251 e. The highest BCUT2D eigenvalue weighted by atomic mass is 32.1. The summed E-state index contributed by atoms with van der Waals surface area (Å²) in [5.74, 6) is -0.0263. The summed E-state index contributed by atoms with van der Waals surface area (Å²) >= 11 is 1.61. The zero-order valence-corrected chi connectivity index (χ0v) is 10.5. The van der Waals surface area contributed by atoms with Gasteiger partial charge in [0.1, 0.15) is 0 Å². The normalized spacial score (nSPS) is 10.2. The number of carbonyl (C=O) groups is 1. The van der Waals surface area contributed by atoms with Crippen LogP contribution in [0.2, 0.25) is 0 Å². The van der Waals surface area contributed by atoms with Gasteiger partial charge in [0.05, 0.1) is 5.01 Å². The number of carbonyl (C=O) groups excluding carboxylic acids is 1. The van der Waals surface area contributed by atoms with Crippen molar-refractivity contribution in [3.63, 3.8) is 0 Å². The minimum absolute atomic E-state index is 0.0263. The smallest absolute Gasteiger partial charge is 0.251 e. The van der Waals surface area contributed by atoms with E-state index in [-0.39, 0.29) is 5.91 Å². The number of hydrogen-bond acceptors (Lipinski definition) is 3. The van der Waals surface area contributed by atoms with Crippen LogP contribution in [0.15, 0.2) is 35.8 Å². The fraction of sp³-hybridized carbons (Fsp3) is 0.231. The van der Waals surface area contributed by atoms with Crippen LogP contribution in [0.4, 0.5) is 0 Å². The molecule has 2 rings (SSSR count). The van der Waals surface area contributed by atoms with E-state index < -0.39 is 0 Å². The Hall–Kier alpha value is -1.68. The molecule has 0 unspecified atom stereocenters. The van der Waals surface area contributed by atoms with Crippen LogP contribution >= 0.6 is 11.3 Å². The van der Waals surface area contributed by atoms with E-state index in [1.165, 1.54) is 0 Å². The fourth-order valence-corrected chi connectivity index (χ4v) is 2.09. The molecule has 1 aromatic carbocycles. The standard InChI is InChI=1S/C13H14N2OS/c1-10-2-4-11(5-3-10)13(16)15-7-6-12-14-8-9-17-12/h2-5,8-9H,6-7H2,1H3,(H,15,16). The first-order valence-corrected chi connectivity index (χ1v) is 6.37. The van der Waals surface area contributed by atoms with Gasteiger partial charge in [-0.1, -0.05) is 17.7 Å². The number of hydrogen-bond donors (Lipinski definition) is 1. The molecule has 0 fully saturated rings. The Morgan fingerprint density at radius 2 is 2.12 bits per heavy atom. The van der Waals surface area contributed by atoms with E-state index in [4.69, 9.17) is 0 Å². The summed E-state index contributed by atoms with van der Waals surface area (Å²) in [7, 11) is 0. The molecule has 0 bridgehead atoms. The molecule has 3 nitrogen and oxygen atoms in total. The number of rotatable bonds is 4. The molecule has 0 saturated carbocycles. The van der Waals surface area contributed by atoms with E-state index in [2.05, 4.69) is 10.3 Å². The lowest BCUT2D eigenvalue weighted by molar-refractivity contribution is 0.0954. The molecule has 0 aliphatic carbocycles. The van der Waals surface area contributed by atoms with Gasteiger partial charge in [0.25, 0.3) is 5.91 Å². The van der Waals surface area contributed by atoms with E-state index in [0.29, 0.717) is 12.1 Å². The van der Waals surface area contributed by atoms with Crippen LogP contribution < -0.4 is 5.32 Å². The van der Waals surface area contributed by atoms with Gasteiger partial charge in [-0.25, -0.2) is 4.98 Å². The molecule has 0 aliphatic rings. The topological polar surface area (TPSA) is 42.0 Å². The van der Waals surface area contributed by atoms with Crippen molar-refractivity contribution in [2.75, 3.05) is 6.54 Å². The maximum absolute atomic E-state index is 11.8. The Balaban J connectivity index is 1.83. The lowest BCUT2D eigenvalue weighted by atomic mass is 10.1. The minimum Gasteiger partial charge on any atom is -0.352 e. The lowest BCUT2D eigenvalue weighted by Gasteiger charge is -2.04. The molecule has 17 heavy (non-hydrogen) atoms. The molecule has 1 amide bonds. The van der Waals surface area contributed by atoms with Crippen LogP contribution in [0.25, 0.3) is 0 Å². The van der Waals surface area contributed by atoms with Gasteiger partial charge in [-0.05, 0) is 19.1 Å². The summed E-state index contributed by atoms with van der Waals surface area (Å²) in [5, 5.41) is 5.88. The van der Waals surface area contributed by atoms with Gasteiger partial charge in [-0.3, -0.25) is 4.79 Å². The largest absolute Gasteiger partial charge is 0.352 e. The van der Waals surface area contributed by atoms with Crippen LogP contribution in [0.3, 0.4) is 0 Å². The maximum atomic E-state index is 11.8. The summed E-state index contributed by atoms with van der Waals surface area (Å²) in [4.78, 5) is 15.9.